The highest BCUT2D eigenvalue weighted by Gasteiger charge is 2.02. The van der Waals surface area contributed by atoms with Crippen LogP contribution in [-0.4, -0.2) is 11.5 Å². The van der Waals surface area contributed by atoms with Crippen LogP contribution in [0.5, 0.6) is 0 Å². The van der Waals surface area contributed by atoms with Crippen molar-refractivity contribution in [1.29, 1.82) is 10.7 Å². The molecule has 7 heteroatoms. The number of nitrogens with two attached hydrogens (primary N) is 1. The fraction of sp³-hybridized carbons (Fsp3) is 0. The molecule has 0 fully saturated rings. The molecule has 1 rings (SSSR count). The van der Waals surface area contributed by atoms with Crippen LogP contribution in [0.1, 0.15) is 0 Å². The van der Waals surface area contributed by atoms with Gasteiger partial charge in [0.15, 0.2) is 5.84 Å². The van der Waals surface area contributed by atoms with E-state index in [2.05, 4.69) is 26.5 Å². The van der Waals surface area contributed by atoms with E-state index in [0.29, 0.717) is 5.69 Å². The van der Waals surface area contributed by atoms with Crippen molar-refractivity contribution in [2.75, 3.05) is 5.43 Å². The molecule has 16 heavy (non-hydrogen) atoms. The Morgan fingerprint density at radius 2 is 2.31 bits per heavy atom. The van der Waals surface area contributed by atoms with E-state index >= 15 is 0 Å². The number of rotatable bonds is 3. The summed E-state index contributed by atoms with van der Waals surface area (Å²) in [4.78, 5) is 0. The molecular formula is C9H7BrFN5. The Kier molecular flexibility index (Phi) is 3.96. The monoisotopic (exact) mass is 283 g/mol. The van der Waals surface area contributed by atoms with Crippen LogP contribution >= 0.6 is 15.9 Å². The summed E-state index contributed by atoms with van der Waals surface area (Å²) in [6.45, 7) is 0. The summed E-state index contributed by atoms with van der Waals surface area (Å²) in [5.74, 6) is -0.835. The summed E-state index contributed by atoms with van der Waals surface area (Å²) < 4.78 is 13.1. The first-order valence-electron chi connectivity index (χ1n) is 4.08. The van der Waals surface area contributed by atoms with E-state index in [9.17, 15) is 4.39 Å². The van der Waals surface area contributed by atoms with Gasteiger partial charge in [-0.1, -0.05) is 0 Å². The Bertz CT molecular complexity index is 491. The van der Waals surface area contributed by atoms with Gasteiger partial charge in [-0.2, -0.15) is 10.4 Å². The molecule has 4 N–H and O–H groups in total. The maximum absolute atomic E-state index is 12.9. The summed E-state index contributed by atoms with van der Waals surface area (Å²) in [6.07, 6.45) is 0. The van der Waals surface area contributed by atoms with Crippen molar-refractivity contribution in [2.45, 2.75) is 0 Å². The summed E-state index contributed by atoms with van der Waals surface area (Å²) in [5, 5.41) is 19.2. The minimum Gasteiger partial charge on any atom is -0.382 e. The van der Waals surface area contributed by atoms with E-state index in [0.717, 1.165) is 0 Å². The van der Waals surface area contributed by atoms with Gasteiger partial charge in [-0.15, -0.1) is 0 Å². The Hall–Kier alpha value is -1.94. The minimum absolute atomic E-state index is 0.236. The van der Waals surface area contributed by atoms with Gasteiger partial charge in [-0.3, -0.25) is 10.8 Å². The number of nitrogens with zero attached hydrogens (tertiary/aromatic N) is 2. The predicted octanol–water partition coefficient (Wildman–Crippen LogP) is 1.82. The van der Waals surface area contributed by atoms with Gasteiger partial charge in [-0.05, 0) is 34.1 Å². The van der Waals surface area contributed by atoms with Gasteiger partial charge in [0.25, 0.3) is 0 Å². The van der Waals surface area contributed by atoms with E-state index in [1.807, 2.05) is 0 Å². The second kappa shape index (κ2) is 5.23. The van der Waals surface area contributed by atoms with Crippen LogP contribution in [0, 0.1) is 22.6 Å². The molecule has 0 spiro atoms. The molecule has 0 amide bonds. The SMILES string of the molecule is N#C/C(=N\Nc1ccc(F)c(Br)c1)C(=N)N. The second-order valence-corrected chi connectivity index (χ2v) is 3.58. The molecule has 0 aromatic heterocycles. The number of nitriles is 1. The van der Waals surface area contributed by atoms with Gasteiger partial charge < -0.3 is 5.73 Å². The predicted molar refractivity (Wildman–Crippen MR) is 62.7 cm³/mol. The number of halogens is 2. The number of amidine groups is 1. The quantitative estimate of drug-likeness (QED) is 0.448. The van der Waals surface area contributed by atoms with Crippen molar-refractivity contribution in [3.05, 3.63) is 28.5 Å². The third kappa shape index (κ3) is 3.03. The number of anilines is 1. The van der Waals surface area contributed by atoms with E-state index in [4.69, 9.17) is 16.4 Å². The molecule has 0 bridgehead atoms. The summed E-state index contributed by atoms with van der Waals surface area (Å²) in [7, 11) is 0. The molecule has 0 saturated heterocycles. The third-order valence-corrected chi connectivity index (χ3v) is 2.19. The zero-order valence-corrected chi connectivity index (χ0v) is 9.55. The number of benzene rings is 1. The first-order valence-corrected chi connectivity index (χ1v) is 4.87. The molecule has 82 valence electrons. The summed E-state index contributed by atoms with van der Waals surface area (Å²) in [5.41, 5.74) is 7.82. The normalized spacial score (nSPS) is 10.7. The molecule has 0 unspecified atom stereocenters. The van der Waals surface area contributed by atoms with Gasteiger partial charge in [-0.25, -0.2) is 4.39 Å². The van der Waals surface area contributed by atoms with E-state index in [1.54, 1.807) is 6.07 Å². The lowest BCUT2D eigenvalue weighted by Gasteiger charge is -2.02. The van der Waals surface area contributed by atoms with Gasteiger partial charge in [0.1, 0.15) is 11.9 Å². The number of hydrazone groups is 1. The van der Waals surface area contributed by atoms with Gasteiger partial charge in [0, 0.05) is 0 Å². The molecule has 1 aromatic rings. The highest BCUT2D eigenvalue weighted by Crippen LogP contribution is 2.19. The molecule has 5 nitrogen and oxygen atoms in total. The smallest absolute Gasteiger partial charge is 0.201 e. The topological polar surface area (TPSA) is 98.0 Å². The molecule has 0 atom stereocenters. The molecule has 0 heterocycles. The molecule has 0 aliphatic heterocycles. The lowest BCUT2D eigenvalue weighted by Crippen LogP contribution is -2.21. The number of hydrogen-bond donors (Lipinski definition) is 3. The van der Waals surface area contributed by atoms with Gasteiger partial charge in [0.2, 0.25) is 5.71 Å². The third-order valence-electron chi connectivity index (χ3n) is 1.58. The molecule has 0 aliphatic rings. The average Bonchev–Trinajstić information content (AvgIpc) is 2.23. The van der Waals surface area contributed by atoms with Crippen molar-refractivity contribution in [1.82, 2.24) is 0 Å². The highest BCUT2D eigenvalue weighted by molar-refractivity contribution is 9.10. The lowest BCUT2D eigenvalue weighted by atomic mass is 10.3. The minimum atomic E-state index is -0.434. The second-order valence-electron chi connectivity index (χ2n) is 2.73. The van der Waals surface area contributed by atoms with Crippen LogP contribution < -0.4 is 11.2 Å². The van der Waals surface area contributed by atoms with Crippen LogP contribution in [0.25, 0.3) is 0 Å². The van der Waals surface area contributed by atoms with Crippen LogP contribution in [0.15, 0.2) is 27.8 Å². The first-order chi connectivity index (χ1) is 7.54. The Morgan fingerprint density at radius 3 is 2.81 bits per heavy atom. The lowest BCUT2D eigenvalue weighted by molar-refractivity contribution is 0.621. The molecule has 0 saturated carbocycles. The van der Waals surface area contributed by atoms with Gasteiger partial charge >= 0.3 is 0 Å². The van der Waals surface area contributed by atoms with Gasteiger partial charge in [0.05, 0.1) is 10.2 Å². The summed E-state index contributed by atoms with van der Waals surface area (Å²) in [6, 6.07) is 5.78. The van der Waals surface area contributed by atoms with Crippen LogP contribution in [0.3, 0.4) is 0 Å². The van der Waals surface area contributed by atoms with Crippen molar-refractivity contribution in [3.8, 4) is 6.07 Å². The highest BCUT2D eigenvalue weighted by atomic mass is 79.9. The van der Waals surface area contributed by atoms with E-state index in [1.165, 1.54) is 18.2 Å². The summed E-state index contributed by atoms with van der Waals surface area (Å²) >= 11 is 3.00. The molecule has 1 aromatic carbocycles. The van der Waals surface area contributed by atoms with E-state index < -0.39 is 11.7 Å². The Balaban J connectivity index is 2.86. The van der Waals surface area contributed by atoms with Crippen LogP contribution in [0.4, 0.5) is 10.1 Å². The Labute approximate surface area is 99.4 Å². The van der Waals surface area contributed by atoms with Crippen molar-refractivity contribution >= 4 is 33.2 Å². The fourth-order valence-electron chi connectivity index (χ4n) is 0.832. The largest absolute Gasteiger partial charge is 0.382 e. The maximum atomic E-state index is 12.9. The zero-order valence-electron chi connectivity index (χ0n) is 7.96. The maximum Gasteiger partial charge on any atom is 0.201 e. The van der Waals surface area contributed by atoms with E-state index in [-0.39, 0.29) is 10.2 Å². The van der Waals surface area contributed by atoms with Crippen LogP contribution in [0.2, 0.25) is 0 Å². The fourth-order valence-corrected chi connectivity index (χ4v) is 1.21. The number of nitrogens with one attached hydrogen (secondary N) is 2. The van der Waals surface area contributed by atoms with Crippen molar-refractivity contribution in [2.24, 2.45) is 10.8 Å². The molecular weight excluding hydrogens is 277 g/mol. The standard InChI is InChI=1S/C9H7BrFN5/c10-6-3-5(1-2-7(6)11)15-16-8(4-12)9(13)14/h1-3,15H,(H3,13,14)/b16-8+. The Morgan fingerprint density at radius 1 is 1.62 bits per heavy atom. The average molecular weight is 284 g/mol. The molecule has 0 aliphatic carbocycles. The van der Waals surface area contributed by atoms with Crippen molar-refractivity contribution < 1.29 is 4.39 Å². The van der Waals surface area contributed by atoms with Crippen LogP contribution in [-0.2, 0) is 0 Å². The number of hydrogen-bond acceptors (Lipinski definition) is 4. The molecule has 0 radical (unpaired) electrons. The zero-order chi connectivity index (χ0) is 12.1. The van der Waals surface area contributed by atoms with Crippen molar-refractivity contribution in [3.63, 3.8) is 0 Å². The first kappa shape index (κ1) is 12.1.